The quantitative estimate of drug-likeness (QED) is 0.499. The van der Waals surface area contributed by atoms with Gasteiger partial charge in [-0.05, 0) is 85.1 Å². The molecule has 1 saturated heterocycles. The molecule has 6 rings (SSSR count). The third-order valence-corrected chi connectivity index (χ3v) is 10.0. The smallest absolute Gasteiger partial charge is 0.307 e. The van der Waals surface area contributed by atoms with Crippen molar-refractivity contribution in [2.45, 2.75) is 63.8 Å². The highest BCUT2D eigenvalue weighted by Gasteiger charge is 2.44. The summed E-state index contributed by atoms with van der Waals surface area (Å²) >= 11 is 0. The minimum Gasteiger partial charge on any atom is -0.493 e. The first-order valence-corrected chi connectivity index (χ1v) is 15.6. The number of allylic oxidation sites excluding steroid dienone is 2. The van der Waals surface area contributed by atoms with Crippen molar-refractivity contribution in [2.75, 3.05) is 18.1 Å². The largest absolute Gasteiger partial charge is 0.493 e. The van der Waals surface area contributed by atoms with E-state index in [1.54, 1.807) is 0 Å². The predicted molar refractivity (Wildman–Crippen MR) is 148 cm³/mol. The lowest BCUT2D eigenvalue weighted by Gasteiger charge is -2.30. The number of carbonyl (C=O) groups is 1. The number of fused-ring (bicyclic) bond motifs is 2. The lowest BCUT2D eigenvalue weighted by molar-refractivity contribution is -0.138. The van der Waals surface area contributed by atoms with Crippen LogP contribution in [0.5, 0.6) is 11.5 Å². The minimum atomic E-state index is -2.91. The van der Waals surface area contributed by atoms with Crippen LogP contribution < -0.4 is 9.47 Å². The van der Waals surface area contributed by atoms with Gasteiger partial charge in [0.15, 0.2) is 9.84 Å². The van der Waals surface area contributed by atoms with Gasteiger partial charge in [0.25, 0.3) is 0 Å². The second kappa shape index (κ2) is 10.5. The number of carboxylic acid groups (broad SMARTS) is 1. The Morgan fingerprint density at radius 3 is 2.59 bits per heavy atom. The fraction of sp³-hybridized carbons (Fsp3) is 0.452. The fourth-order valence-corrected chi connectivity index (χ4v) is 7.55. The Balaban J connectivity index is 1.13. The molecule has 2 fully saturated rings. The summed E-state index contributed by atoms with van der Waals surface area (Å²) in [5.74, 6) is 1.17. The summed E-state index contributed by atoms with van der Waals surface area (Å²) in [5, 5.41) is 9.17. The highest BCUT2D eigenvalue weighted by molar-refractivity contribution is 7.91. The van der Waals surface area contributed by atoms with Crippen LogP contribution in [0.2, 0.25) is 0 Å². The van der Waals surface area contributed by atoms with Crippen LogP contribution in [0, 0.1) is 5.92 Å². The molecule has 2 aromatic carbocycles. The predicted octanol–water partition coefficient (Wildman–Crippen LogP) is 5.30. The van der Waals surface area contributed by atoms with Gasteiger partial charge in [0.05, 0.1) is 36.2 Å². The molecule has 8 heteroatoms. The van der Waals surface area contributed by atoms with Gasteiger partial charge in [-0.15, -0.1) is 0 Å². The van der Waals surface area contributed by atoms with Gasteiger partial charge in [0.1, 0.15) is 18.1 Å². The monoisotopic (exact) mass is 550 g/mol. The van der Waals surface area contributed by atoms with Gasteiger partial charge in [0.2, 0.25) is 0 Å². The van der Waals surface area contributed by atoms with Crippen molar-refractivity contribution in [3.8, 4) is 11.5 Å². The molecule has 1 saturated carbocycles. The summed E-state index contributed by atoms with van der Waals surface area (Å²) in [6.07, 6.45) is 5.57. The zero-order valence-corrected chi connectivity index (χ0v) is 22.9. The number of hydrogen-bond acceptors (Lipinski definition) is 6. The van der Waals surface area contributed by atoms with Gasteiger partial charge in [-0.3, -0.25) is 4.79 Å². The minimum absolute atomic E-state index is 0.0141. The summed E-state index contributed by atoms with van der Waals surface area (Å²) in [6, 6.07) is 14.0. The molecule has 0 spiro atoms. The number of ether oxygens (including phenoxy) is 3. The Kier molecular flexibility index (Phi) is 7.02. The summed E-state index contributed by atoms with van der Waals surface area (Å²) in [7, 11) is -2.91. The molecule has 3 atom stereocenters. The molecule has 2 heterocycles. The normalized spacial score (nSPS) is 26.0. The number of carboxylic acids is 1. The van der Waals surface area contributed by atoms with Crippen molar-refractivity contribution >= 4 is 21.4 Å². The van der Waals surface area contributed by atoms with Crippen LogP contribution in [0.25, 0.3) is 5.57 Å². The average molecular weight is 551 g/mol. The van der Waals surface area contributed by atoms with E-state index in [0.29, 0.717) is 32.5 Å². The van der Waals surface area contributed by atoms with E-state index < -0.39 is 15.8 Å². The van der Waals surface area contributed by atoms with Crippen LogP contribution in [0.1, 0.15) is 61.6 Å². The van der Waals surface area contributed by atoms with Gasteiger partial charge < -0.3 is 19.3 Å². The summed E-state index contributed by atoms with van der Waals surface area (Å²) in [6.45, 7) is 3.14. The van der Waals surface area contributed by atoms with Crippen LogP contribution >= 0.6 is 0 Å². The summed E-state index contributed by atoms with van der Waals surface area (Å²) < 4.78 is 42.1. The Hall–Kier alpha value is -3.10. The number of hydrogen-bond donors (Lipinski definition) is 1. The molecule has 1 N–H and O–H groups in total. The molecule has 1 unspecified atom stereocenters. The Bertz CT molecular complexity index is 1420. The van der Waals surface area contributed by atoms with Gasteiger partial charge in [0, 0.05) is 12.0 Å². The topological polar surface area (TPSA) is 99.1 Å². The molecule has 2 aliphatic carbocycles. The van der Waals surface area contributed by atoms with E-state index >= 15 is 0 Å². The van der Waals surface area contributed by atoms with E-state index in [1.165, 1.54) is 11.1 Å². The van der Waals surface area contributed by atoms with E-state index in [0.717, 1.165) is 46.6 Å². The Labute approximate surface area is 229 Å². The lowest BCUT2D eigenvalue weighted by Crippen LogP contribution is -2.32. The summed E-state index contributed by atoms with van der Waals surface area (Å²) in [5.41, 5.74) is 6.85. The van der Waals surface area contributed by atoms with Gasteiger partial charge in [-0.25, -0.2) is 8.42 Å². The molecule has 0 aromatic heterocycles. The SMILES string of the molecule is CC1=CC(OC2CCS(=O)(=O)CC2)CC2=C1c1cc(COc3ccc([C@H]4C[C@@H]4C(=O)O)cc3)ccc1OCC2. The molecule has 206 valence electrons. The average Bonchev–Trinajstić information content (AvgIpc) is 3.73. The van der Waals surface area contributed by atoms with Gasteiger partial charge in [-0.2, -0.15) is 0 Å². The molecule has 2 aromatic rings. The van der Waals surface area contributed by atoms with E-state index in [2.05, 4.69) is 19.1 Å². The van der Waals surface area contributed by atoms with E-state index in [4.69, 9.17) is 14.2 Å². The molecule has 2 aliphatic heterocycles. The second-order valence-corrected chi connectivity index (χ2v) is 13.4. The number of benzene rings is 2. The van der Waals surface area contributed by atoms with E-state index in [9.17, 15) is 18.3 Å². The molecular weight excluding hydrogens is 516 g/mol. The molecular formula is C31H34O7S. The molecule has 0 bridgehead atoms. The highest BCUT2D eigenvalue weighted by atomic mass is 32.2. The van der Waals surface area contributed by atoms with Crippen molar-refractivity contribution in [3.63, 3.8) is 0 Å². The van der Waals surface area contributed by atoms with Crippen molar-refractivity contribution in [2.24, 2.45) is 5.92 Å². The zero-order chi connectivity index (χ0) is 27.1. The third-order valence-electron chi connectivity index (χ3n) is 8.30. The third kappa shape index (κ3) is 5.77. The highest BCUT2D eigenvalue weighted by Crippen LogP contribution is 2.48. The van der Waals surface area contributed by atoms with Gasteiger partial charge >= 0.3 is 5.97 Å². The Morgan fingerprint density at radius 2 is 1.87 bits per heavy atom. The fourth-order valence-electron chi connectivity index (χ4n) is 6.10. The van der Waals surface area contributed by atoms with E-state index in [-0.39, 0.29) is 35.5 Å². The van der Waals surface area contributed by atoms with E-state index in [1.807, 2.05) is 36.4 Å². The van der Waals surface area contributed by atoms with Gasteiger partial charge in [-0.1, -0.05) is 29.8 Å². The maximum atomic E-state index is 11.8. The first-order chi connectivity index (χ1) is 18.8. The first kappa shape index (κ1) is 26.1. The number of rotatable bonds is 7. The molecule has 7 nitrogen and oxygen atoms in total. The molecule has 4 aliphatic rings. The molecule has 39 heavy (non-hydrogen) atoms. The molecule has 0 radical (unpaired) electrons. The number of aliphatic carboxylic acids is 1. The summed E-state index contributed by atoms with van der Waals surface area (Å²) in [4.78, 5) is 11.2. The van der Waals surface area contributed by atoms with Crippen molar-refractivity contribution in [1.29, 1.82) is 0 Å². The lowest BCUT2D eigenvalue weighted by atomic mass is 9.84. The maximum Gasteiger partial charge on any atom is 0.307 e. The zero-order valence-electron chi connectivity index (χ0n) is 22.1. The van der Waals surface area contributed by atoms with Crippen molar-refractivity contribution in [1.82, 2.24) is 0 Å². The van der Waals surface area contributed by atoms with Crippen LogP contribution in [0.3, 0.4) is 0 Å². The van der Waals surface area contributed by atoms with Crippen molar-refractivity contribution < 1.29 is 32.5 Å². The second-order valence-electron chi connectivity index (χ2n) is 11.1. The van der Waals surface area contributed by atoms with Crippen LogP contribution in [-0.2, 0) is 26.0 Å². The standard InChI is InChI=1S/C31H34O7S/c1-19-14-25(38-24-9-12-39(34,35)13-10-24)16-22-8-11-36-29-7-2-20(15-28(29)30(19)22)18-37-23-5-3-21(4-6-23)26-17-27(26)31(32)33/h2-7,14-15,24-27H,8-13,16-18H2,1H3,(H,32,33)/t25?,26-,27+/m1/s1. The van der Waals surface area contributed by atoms with Crippen LogP contribution in [-0.4, -0.2) is 49.8 Å². The molecule has 0 amide bonds. The maximum absolute atomic E-state index is 11.8. The Morgan fingerprint density at radius 1 is 1.10 bits per heavy atom. The van der Waals surface area contributed by atoms with Crippen LogP contribution in [0.4, 0.5) is 0 Å². The van der Waals surface area contributed by atoms with Crippen molar-refractivity contribution in [3.05, 3.63) is 76.4 Å². The first-order valence-electron chi connectivity index (χ1n) is 13.7. The number of sulfone groups is 1. The van der Waals surface area contributed by atoms with Crippen LogP contribution in [0.15, 0.2) is 59.7 Å².